The van der Waals surface area contributed by atoms with Gasteiger partial charge in [-0.1, -0.05) is 23.2 Å². The quantitative estimate of drug-likeness (QED) is 0.672. The van der Waals surface area contributed by atoms with Crippen LogP contribution in [0.5, 0.6) is 0 Å². The minimum atomic E-state index is 0.460. The number of oxazole rings is 1. The van der Waals surface area contributed by atoms with Crippen LogP contribution in [0, 0.1) is 0 Å². The molecule has 0 amide bonds. The predicted octanol–water partition coefficient (Wildman–Crippen LogP) is 4.38. The zero-order chi connectivity index (χ0) is 12.7. The van der Waals surface area contributed by atoms with E-state index in [4.69, 9.17) is 33.4 Å². The third-order valence-corrected chi connectivity index (χ3v) is 3.06. The van der Waals surface area contributed by atoms with Gasteiger partial charge in [0.05, 0.1) is 5.56 Å². The smallest absolute Gasteiger partial charge is 0.229 e. The molecule has 3 nitrogen and oxygen atoms in total. The summed E-state index contributed by atoms with van der Waals surface area (Å²) in [6, 6.07) is 10.5. The molecule has 0 unspecified atom stereocenters. The predicted molar refractivity (Wildman–Crippen MR) is 73.9 cm³/mol. The lowest BCUT2D eigenvalue weighted by Crippen LogP contribution is -1.89. The number of nitrogen functional groups attached to an aromatic ring is 1. The summed E-state index contributed by atoms with van der Waals surface area (Å²) < 4.78 is 5.64. The lowest BCUT2D eigenvalue weighted by Gasteiger charge is -2.00. The van der Waals surface area contributed by atoms with Gasteiger partial charge in [-0.3, -0.25) is 0 Å². The average Bonchev–Trinajstić information content (AvgIpc) is 2.71. The van der Waals surface area contributed by atoms with E-state index < -0.39 is 0 Å². The zero-order valence-corrected chi connectivity index (χ0v) is 10.7. The van der Waals surface area contributed by atoms with Gasteiger partial charge in [0.15, 0.2) is 5.58 Å². The summed E-state index contributed by atoms with van der Waals surface area (Å²) in [7, 11) is 0. The molecular formula is C13H8Cl2N2O. The second kappa shape index (κ2) is 4.19. The van der Waals surface area contributed by atoms with E-state index >= 15 is 0 Å². The molecule has 0 bridgehead atoms. The van der Waals surface area contributed by atoms with E-state index in [0.717, 1.165) is 0 Å². The summed E-state index contributed by atoms with van der Waals surface area (Å²) in [6.45, 7) is 0. The Labute approximate surface area is 113 Å². The van der Waals surface area contributed by atoms with Crippen molar-refractivity contribution in [3.8, 4) is 11.5 Å². The molecule has 5 heteroatoms. The number of rotatable bonds is 1. The van der Waals surface area contributed by atoms with E-state index in [-0.39, 0.29) is 0 Å². The van der Waals surface area contributed by atoms with Crippen molar-refractivity contribution in [3.05, 3.63) is 46.4 Å². The number of nitrogens with zero attached hydrogens (tertiary/aromatic N) is 1. The van der Waals surface area contributed by atoms with Crippen LogP contribution in [0.1, 0.15) is 0 Å². The monoisotopic (exact) mass is 278 g/mol. The SMILES string of the molecule is Nc1cc(Cl)ccc1-c1nc2cc(Cl)ccc2o1. The first kappa shape index (κ1) is 11.4. The van der Waals surface area contributed by atoms with Gasteiger partial charge in [0, 0.05) is 15.7 Å². The molecule has 0 atom stereocenters. The molecule has 0 radical (unpaired) electrons. The van der Waals surface area contributed by atoms with Gasteiger partial charge in [-0.2, -0.15) is 0 Å². The van der Waals surface area contributed by atoms with Crippen LogP contribution in [0.4, 0.5) is 5.69 Å². The van der Waals surface area contributed by atoms with E-state index in [2.05, 4.69) is 4.98 Å². The van der Waals surface area contributed by atoms with Crippen molar-refractivity contribution in [1.29, 1.82) is 0 Å². The Morgan fingerprint density at radius 2 is 1.72 bits per heavy atom. The summed E-state index contributed by atoms with van der Waals surface area (Å²) in [5.41, 5.74) is 8.51. The van der Waals surface area contributed by atoms with Crippen LogP contribution < -0.4 is 5.73 Å². The maximum Gasteiger partial charge on any atom is 0.229 e. The summed E-state index contributed by atoms with van der Waals surface area (Å²) in [5, 5.41) is 1.20. The molecule has 1 aromatic heterocycles. The summed E-state index contributed by atoms with van der Waals surface area (Å²) >= 11 is 11.8. The normalized spacial score (nSPS) is 11.0. The molecule has 0 spiro atoms. The molecule has 2 aromatic carbocycles. The number of hydrogen-bond acceptors (Lipinski definition) is 3. The Kier molecular flexibility index (Phi) is 2.65. The highest BCUT2D eigenvalue weighted by molar-refractivity contribution is 6.31. The zero-order valence-electron chi connectivity index (χ0n) is 9.15. The third-order valence-electron chi connectivity index (χ3n) is 2.59. The average molecular weight is 279 g/mol. The number of anilines is 1. The first-order chi connectivity index (χ1) is 8.63. The van der Waals surface area contributed by atoms with Crippen molar-refractivity contribution in [2.45, 2.75) is 0 Å². The van der Waals surface area contributed by atoms with Crippen LogP contribution in [0.25, 0.3) is 22.6 Å². The Balaban J connectivity index is 2.19. The van der Waals surface area contributed by atoms with Gasteiger partial charge >= 0.3 is 0 Å². The lowest BCUT2D eigenvalue weighted by molar-refractivity contribution is 0.620. The van der Waals surface area contributed by atoms with E-state index in [1.54, 1.807) is 36.4 Å². The second-order valence-corrected chi connectivity index (χ2v) is 4.74. The summed E-state index contributed by atoms with van der Waals surface area (Å²) in [4.78, 5) is 4.36. The lowest BCUT2D eigenvalue weighted by atomic mass is 10.2. The van der Waals surface area contributed by atoms with Crippen LogP contribution in [0.15, 0.2) is 40.8 Å². The Morgan fingerprint density at radius 1 is 1.00 bits per heavy atom. The van der Waals surface area contributed by atoms with Crippen molar-refractivity contribution < 1.29 is 4.42 Å². The maximum absolute atomic E-state index is 5.90. The Morgan fingerprint density at radius 3 is 2.50 bits per heavy atom. The van der Waals surface area contributed by atoms with Crippen LogP contribution >= 0.6 is 23.2 Å². The number of aromatic nitrogens is 1. The third kappa shape index (κ3) is 1.92. The summed E-state index contributed by atoms with van der Waals surface area (Å²) in [6.07, 6.45) is 0. The number of benzene rings is 2. The molecule has 0 aliphatic carbocycles. The van der Waals surface area contributed by atoms with Gasteiger partial charge in [0.25, 0.3) is 0 Å². The number of halogens is 2. The minimum absolute atomic E-state index is 0.460. The molecule has 2 N–H and O–H groups in total. The number of hydrogen-bond donors (Lipinski definition) is 1. The van der Waals surface area contributed by atoms with Gasteiger partial charge in [-0.25, -0.2) is 4.98 Å². The van der Waals surface area contributed by atoms with Gasteiger partial charge < -0.3 is 10.2 Å². The molecule has 0 aliphatic rings. The highest BCUT2D eigenvalue weighted by Gasteiger charge is 2.11. The van der Waals surface area contributed by atoms with Gasteiger partial charge in [0.1, 0.15) is 5.52 Å². The van der Waals surface area contributed by atoms with Crippen LogP contribution in [0.3, 0.4) is 0 Å². The van der Waals surface area contributed by atoms with Gasteiger partial charge in [-0.15, -0.1) is 0 Å². The number of fused-ring (bicyclic) bond motifs is 1. The highest BCUT2D eigenvalue weighted by Crippen LogP contribution is 2.31. The van der Waals surface area contributed by atoms with Crippen LogP contribution in [-0.4, -0.2) is 4.98 Å². The van der Waals surface area contributed by atoms with Crippen LogP contribution in [-0.2, 0) is 0 Å². The minimum Gasteiger partial charge on any atom is -0.436 e. The van der Waals surface area contributed by atoms with Crippen molar-refractivity contribution in [3.63, 3.8) is 0 Å². The van der Waals surface area contributed by atoms with Crippen molar-refractivity contribution >= 4 is 40.0 Å². The fraction of sp³-hybridized carbons (Fsp3) is 0. The molecule has 0 fully saturated rings. The molecule has 1 heterocycles. The van der Waals surface area contributed by atoms with Crippen molar-refractivity contribution in [2.24, 2.45) is 0 Å². The largest absolute Gasteiger partial charge is 0.436 e. The molecule has 0 saturated carbocycles. The molecule has 18 heavy (non-hydrogen) atoms. The topological polar surface area (TPSA) is 52.0 Å². The molecule has 3 aromatic rings. The first-order valence-electron chi connectivity index (χ1n) is 5.25. The van der Waals surface area contributed by atoms with E-state index in [1.807, 2.05) is 0 Å². The second-order valence-electron chi connectivity index (χ2n) is 3.86. The van der Waals surface area contributed by atoms with Gasteiger partial charge in [-0.05, 0) is 36.4 Å². The van der Waals surface area contributed by atoms with Crippen molar-refractivity contribution in [1.82, 2.24) is 4.98 Å². The molecule has 0 saturated heterocycles. The maximum atomic E-state index is 5.90. The Hall–Kier alpha value is -1.71. The fourth-order valence-electron chi connectivity index (χ4n) is 1.74. The van der Waals surface area contributed by atoms with Crippen molar-refractivity contribution in [2.75, 3.05) is 5.73 Å². The molecular weight excluding hydrogens is 271 g/mol. The number of nitrogens with two attached hydrogens (primary N) is 1. The summed E-state index contributed by atoms with van der Waals surface area (Å²) in [5.74, 6) is 0.460. The first-order valence-corrected chi connectivity index (χ1v) is 6.00. The Bertz CT molecular complexity index is 737. The van der Waals surface area contributed by atoms with Gasteiger partial charge in [0.2, 0.25) is 5.89 Å². The molecule has 90 valence electrons. The van der Waals surface area contributed by atoms with Crippen LogP contribution in [0.2, 0.25) is 10.0 Å². The van der Waals surface area contributed by atoms with E-state index in [9.17, 15) is 0 Å². The highest BCUT2D eigenvalue weighted by atomic mass is 35.5. The fourth-order valence-corrected chi connectivity index (χ4v) is 2.09. The molecule has 0 aliphatic heterocycles. The molecule has 3 rings (SSSR count). The van der Waals surface area contributed by atoms with E-state index in [0.29, 0.717) is 38.3 Å². The van der Waals surface area contributed by atoms with E-state index in [1.165, 1.54) is 0 Å². The standard InChI is InChI=1S/C13H8Cl2N2O/c14-7-1-3-9(10(16)5-7)13-17-11-6-8(15)2-4-12(11)18-13/h1-6H,16H2.